The van der Waals surface area contributed by atoms with E-state index < -0.39 is 0 Å². The number of rotatable bonds is 3. The fourth-order valence-electron chi connectivity index (χ4n) is 0.604. The van der Waals surface area contributed by atoms with Gasteiger partial charge in [0.2, 0.25) is 0 Å². The van der Waals surface area contributed by atoms with Crippen LogP contribution in [0.3, 0.4) is 0 Å². The Morgan fingerprint density at radius 2 is 0.611 bits per heavy atom. The molecule has 0 atom stereocenters. The molecule has 1 rings (SSSR count). The van der Waals surface area contributed by atoms with E-state index in [0.717, 1.165) is 26.2 Å². The van der Waals surface area contributed by atoms with Gasteiger partial charge in [-0.1, -0.05) is 0 Å². The Bertz CT molecular complexity index is 72.9. The summed E-state index contributed by atoms with van der Waals surface area (Å²) in [5.74, 6) is 0. The average molecular weight is 266 g/mol. The second-order valence-corrected chi connectivity index (χ2v) is 3.23. The van der Waals surface area contributed by atoms with Gasteiger partial charge in [-0.2, -0.15) is 0 Å². The lowest BCUT2D eigenvalue weighted by Gasteiger charge is -2.11. The molecular weight excluding hydrogens is 232 g/mol. The topological polar surface area (TPSA) is 180 Å². The van der Waals surface area contributed by atoms with Crippen molar-refractivity contribution in [3.05, 3.63) is 0 Å². The molecule has 8 heteroatoms. The van der Waals surface area contributed by atoms with E-state index in [1.807, 2.05) is 0 Å². The highest BCUT2D eigenvalue weighted by atomic mass is 15.0. The van der Waals surface area contributed by atoms with Crippen LogP contribution in [0.2, 0.25) is 0 Å². The van der Waals surface area contributed by atoms with E-state index >= 15 is 0 Å². The van der Waals surface area contributed by atoms with Crippen molar-refractivity contribution in [2.24, 2.45) is 34.4 Å². The quantitative estimate of drug-likeness (QED) is 0.253. The monoisotopic (exact) mass is 266 g/mol. The van der Waals surface area contributed by atoms with Crippen LogP contribution in [-0.4, -0.2) is 65.4 Å². The maximum atomic E-state index is 4.90. The maximum absolute atomic E-state index is 4.90. The van der Waals surface area contributed by atoms with Gasteiger partial charge in [-0.05, 0) is 0 Å². The number of nitrogens with one attached hydrogen (secondary N) is 2. The standard InChI is InChI=1S/C4H10N2.3C2H8N2/c1-2-6-4-3-5-1;3*3-1-2-4/h5-6H,1-4H2;3*1-4H2. The summed E-state index contributed by atoms with van der Waals surface area (Å²) < 4.78 is 0. The van der Waals surface area contributed by atoms with E-state index in [9.17, 15) is 0 Å². The van der Waals surface area contributed by atoms with Gasteiger partial charge in [0.1, 0.15) is 0 Å². The molecule has 0 bridgehead atoms. The summed E-state index contributed by atoms with van der Waals surface area (Å²) in [4.78, 5) is 0. The minimum absolute atomic E-state index is 0.597. The van der Waals surface area contributed by atoms with Gasteiger partial charge in [0, 0.05) is 65.4 Å². The highest BCUT2D eigenvalue weighted by Crippen LogP contribution is 1.65. The Morgan fingerprint density at radius 3 is 0.667 bits per heavy atom. The van der Waals surface area contributed by atoms with E-state index in [4.69, 9.17) is 34.4 Å². The Kier molecular flexibility index (Phi) is 38.1. The molecule has 0 unspecified atom stereocenters. The third-order valence-corrected chi connectivity index (χ3v) is 1.46. The van der Waals surface area contributed by atoms with E-state index in [1.54, 1.807) is 0 Å². The molecule has 0 aromatic heterocycles. The number of hydrogen-bond acceptors (Lipinski definition) is 8. The first-order valence-corrected chi connectivity index (χ1v) is 6.36. The van der Waals surface area contributed by atoms with Crippen LogP contribution in [0, 0.1) is 0 Å². The molecule has 0 spiro atoms. The van der Waals surface area contributed by atoms with Crippen LogP contribution in [0.25, 0.3) is 0 Å². The minimum atomic E-state index is 0.597. The molecule has 1 fully saturated rings. The Morgan fingerprint density at radius 1 is 0.444 bits per heavy atom. The average Bonchev–Trinajstić information content (AvgIpc) is 2.49. The first-order valence-electron chi connectivity index (χ1n) is 6.36. The van der Waals surface area contributed by atoms with Crippen molar-refractivity contribution in [3.63, 3.8) is 0 Å². The fourth-order valence-corrected chi connectivity index (χ4v) is 0.604. The molecule has 114 valence electrons. The Balaban J connectivity index is -0.000000171. The van der Waals surface area contributed by atoms with Crippen molar-refractivity contribution in [1.82, 2.24) is 10.6 Å². The van der Waals surface area contributed by atoms with E-state index in [0.29, 0.717) is 39.3 Å². The summed E-state index contributed by atoms with van der Waals surface area (Å²) in [6.07, 6.45) is 0. The maximum Gasteiger partial charge on any atom is 0.00772 e. The number of piperazine rings is 1. The van der Waals surface area contributed by atoms with Gasteiger partial charge in [0.25, 0.3) is 0 Å². The van der Waals surface area contributed by atoms with Crippen molar-refractivity contribution >= 4 is 0 Å². The third-order valence-electron chi connectivity index (χ3n) is 1.46. The molecule has 0 aliphatic carbocycles. The normalized spacial score (nSPS) is 13.0. The van der Waals surface area contributed by atoms with Crippen molar-refractivity contribution in [2.75, 3.05) is 65.4 Å². The van der Waals surface area contributed by atoms with E-state index in [-0.39, 0.29) is 0 Å². The smallest absolute Gasteiger partial charge is 0.00772 e. The van der Waals surface area contributed by atoms with Gasteiger partial charge in [-0.15, -0.1) is 0 Å². The van der Waals surface area contributed by atoms with Gasteiger partial charge in [0.05, 0.1) is 0 Å². The first-order chi connectivity index (χ1) is 8.74. The fraction of sp³-hybridized carbons (Fsp3) is 1.00. The molecule has 18 heavy (non-hydrogen) atoms. The van der Waals surface area contributed by atoms with Crippen LogP contribution in [0.15, 0.2) is 0 Å². The second kappa shape index (κ2) is 30.1. The van der Waals surface area contributed by atoms with Gasteiger partial charge >= 0.3 is 0 Å². The van der Waals surface area contributed by atoms with Crippen LogP contribution >= 0.6 is 0 Å². The molecule has 0 saturated carbocycles. The third kappa shape index (κ3) is 44.8. The predicted octanol–water partition coefficient (Wildman–Crippen LogP) is -4.11. The van der Waals surface area contributed by atoms with E-state index in [2.05, 4.69) is 10.6 Å². The second-order valence-electron chi connectivity index (χ2n) is 3.23. The van der Waals surface area contributed by atoms with Crippen LogP contribution in [0.4, 0.5) is 0 Å². The summed E-state index contributed by atoms with van der Waals surface area (Å²) in [7, 11) is 0. The summed E-state index contributed by atoms with van der Waals surface area (Å²) in [5, 5.41) is 6.44. The summed E-state index contributed by atoms with van der Waals surface area (Å²) in [6.45, 7) is 8.14. The molecule has 14 N–H and O–H groups in total. The molecule has 1 aliphatic rings. The largest absolute Gasteiger partial charge is 0.329 e. The molecule has 0 aromatic carbocycles. The van der Waals surface area contributed by atoms with Crippen molar-refractivity contribution in [3.8, 4) is 0 Å². The molecule has 1 saturated heterocycles. The molecule has 8 nitrogen and oxygen atoms in total. The summed E-state index contributed by atoms with van der Waals surface area (Å²) in [5.41, 5.74) is 29.4. The van der Waals surface area contributed by atoms with Crippen LogP contribution < -0.4 is 45.0 Å². The Hall–Kier alpha value is -0.320. The number of hydrogen-bond donors (Lipinski definition) is 8. The van der Waals surface area contributed by atoms with Gasteiger partial charge in [-0.25, -0.2) is 0 Å². The highest BCUT2D eigenvalue weighted by molar-refractivity contribution is 4.59. The summed E-state index contributed by atoms with van der Waals surface area (Å²) in [6, 6.07) is 0. The molecule has 1 heterocycles. The van der Waals surface area contributed by atoms with Gasteiger partial charge in [0.15, 0.2) is 0 Å². The van der Waals surface area contributed by atoms with Crippen molar-refractivity contribution in [2.45, 2.75) is 0 Å². The van der Waals surface area contributed by atoms with Crippen molar-refractivity contribution in [1.29, 1.82) is 0 Å². The zero-order chi connectivity index (χ0) is 14.5. The lowest BCUT2D eigenvalue weighted by atomic mass is 10.4. The predicted molar refractivity (Wildman–Crippen MR) is 80.1 cm³/mol. The Labute approximate surface area is 111 Å². The van der Waals surface area contributed by atoms with Crippen molar-refractivity contribution < 1.29 is 0 Å². The van der Waals surface area contributed by atoms with Gasteiger partial charge < -0.3 is 45.0 Å². The SMILES string of the molecule is C1CNCCN1.NCCN.NCCN.NCCN. The van der Waals surface area contributed by atoms with Crippen LogP contribution in [-0.2, 0) is 0 Å². The van der Waals surface area contributed by atoms with E-state index in [1.165, 1.54) is 0 Å². The molecule has 1 aliphatic heterocycles. The first kappa shape index (κ1) is 22.8. The lowest BCUT2D eigenvalue weighted by molar-refractivity contribution is 0.534. The molecule has 0 radical (unpaired) electrons. The molecule has 0 aromatic rings. The highest BCUT2D eigenvalue weighted by Gasteiger charge is 1.91. The number of nitrogens with two attached hydrogens (primary N) is 6. The lowest BCUT2D eigenvalue weighted by Crippen LogP contribution is -2.39. The molecular formula is C10H34N8. The zero-order valence-electron chi connectivity index (χ0n) is 11.5. The van der Waals surface area contributed by atoms with Crippen LogP contribution in [0.5, 0.6) is 0 Å². The minimum Gasteiger partial charge on any atom is -0.329 e. The summed E-state index contributed by atoms with van der Waals surface area (Å²) >= 11 is 0. The van der Waals surface area contributed by atoms with Gasteiger partial charge in [-0.3, -0.25) is 0 Å². The molecule has 0 amide bonds. The zero-order valence-corrected chi connectivity index (χ0v) is 11.5. The van der Waals surface area contributed by atoms with Crippen LogP contribution in [0.1, 0.15) is 0 Å².